The van der Waals surface area contributed by atoms with Gasteiger partial charge in [-0.15, -0.1) is 0 Å². The lowest BCUT2D eigenvalue weighted by molar-refractivity contribution is -0.117. The van der Waals surface area contributed by atoms with Gasteiger partial charge < -0.3 is 11.1 Å². The molecule has 2 rings (SSSR count). The Bertz CT molecular complexity index is 570. The number of amides is 1. The Labute approximate surface area is 108 Å². The van der Waals surface area contributed by atoms with Crippen LogP contribution in [0, 0.1) is 0 Å². The standard InChI is InChI=1S/C11H11ClN4O2/c1-6(9-10(13)16-18-15-9)11(17)14-8-5-3-2-4-7(8)12/h2-6H,1H3,(H2,13,16)(H,14,17). The first-order valence-corrected chi connectivity index (χ1v) is 5.60. The average molecular weight is 267 g/mol. The van der Waals surface area contributed by atoms with Gasteiger partial charge >= 0.3 is 0 Å². The monoisotopic (exact) mass is 266 g/mol. The zero-order chi connectivity index (χ0) is 13.1. The number of para-hydroxylation sites is 1. The average Bonchev–Trinajstić information content (AvgIpc) is 2.77. The quantitative estimate of drug-likeness (QED) is 0.887. The van der Waals surface area contributed by atoms with Crippen molar-refractivity contribution in [2.45, 2.75) is 12.8 Å². The van der Waals surface area contributed by atoms with E-state index in [-0.39, 0.29) is 11.7 Å². The smallest absolute Gasteiger partial charge is 0.233 e. The van der Waals surface area contributed by atoms with Gasteiger partial charge in [-0.1, -0.05) is 28.9 Å². The van der Waals surface area contributed by atoms with Crippen LogP contribution in [0.5, 0.6) is 0 Å². The van der Waals surface area contributed by atoms with Crippen LogP contribution in [0.25, 0.3) is 0 Å². The molecule has 0 bridgehead atoms. The molecule has 6 nitrogen and oxygen atoms in total. The molecule has 94 valence electrons. The summed E-state index contributed by atoms with van der Waals surface area (Å²) in [5.41, 5.74) is 6.37. The predicted molar refractivity (Wildman–Crippen MR) is 67.2 cm³/mol. The first-order valence-electron chi connectivity index (χ1n) is 5.23. The fraction of sp³-hybridized carbons (Fsp3) is 0.182. The number of anilines is 2. The lowest BCUT2D eigenvalue weighted by atomic mass is 10.1. The van der Waals surface area contributed by atoms with E-state index < -0.39 is 5.92 Å². The van der Waals surface area contributed by atoms with Crippen molar-refractivity contribution in [2.24, 2.45) is 0 Å². The molecule has 0 radical (unpaired) electrons. The molecule has 1 amide bonds. The van der Waals surface area contributed by atoms with E-state index in [0.29, 0.717) is 16.4 Å². The number of nitrogens with zero attached hydrogens (tertiary/aromatic N) is 2. The zero-order valence-electron chi connectivity index (χ0n) is 9.55. The maximum absolute atomic E-state index is 12.0. The van der Waals surface area contributed by atoms with Gasteiger partial charge in [-0.05, 0) is 24.2 Å². The van der Waals surface area contributed by atoms with Crippen LogP contribution in [-0.4, -0.2) is 16.2 Å². The summed E-state index contributed by atoms with van der Waals surface area (Å²) in [4.78, 5) is 12.0. The van der Waals surface area contributed by atoms with E-state index in [1.54, 1.807) is 31.2 Å². The summed E-state index contributed by atoms with van der Waals surface area (Å²) in [6.45, 7) is 1.65. The van der Waals surface area contributed by atoms with Crippen molar-refractivity contribution in [1.29, 1.82) is 0 Å². The Morgan fingerprint density at radius 1 is 1.44 bits per heavy atom. The lowest BCUT2D eigenvalue weighted by Gasteiger charge is -2.10. The largest absolute Gasteiger partial charge is 0.379 e. The molecule has 1 atom stereocenters. The van der Waals surface area contributed by atoms with Crippen molar-refractivity contribution in [1.82, 2.24) is 10.3 Å². The van der Waals surface area contributed by atoms with Crippen LogP contribution >= 0.6 is 11.6 Å². The van der Waals surface area contributed by atoms with E-state index in [4.69, 9.17) is 17.3 Å². The van der Waals surface area contributed by atoms with Gasteiger partial charge in [-0.3, -0.25) is 4.79 Å². The molecular weight excluding hydrogens is 256 g/mol. The summed E-state index contributed by atoms with van der Waals surface area (Å²) in [6.07, 6.45) is 0. The van der Waals surface area contributed by atoms with Crippen LogP contribution < -0.4 is 11.1 Å². The lowest BCUT2D eigenvalue weighted by Crippen LogP contribution is -2.20. The second kappa shape index (κ2) is 5.05. The molecule has 3 N–H and O–H groups in total. The van der Waals surface area contributed by atoms with Gasteiger partial charge in [0.2, 0.25) is 5.91 Å². The van der Waals surface area contributed by atoms with Crippen LogP contribution in [-0.2, 0) is 4.79 Å². The number of nitrogens with one attached hydrogen (secondary N) is 1. The van der Waals surface area contributed by atoms with Crippen molar-refractivity contribution in [2.75, 3.05) is 11.1 Å². The molecule has 7 heteroatoms. The number of hydrogen-bond acceptors (Lipinski definition) is 5. The van der Waals surface area contributed by atoms with E-state index in [2.05, 4.69) is 20.3 Å². The highest BCUT2D eigenvalue weighted by molar-refractivity contribution is 6.33. The molecule has 0 aliphatic carbocycles. The first-order chi connectivity index (χ1) is 8.59. The fourth-order valence-electron chi connectivity index (χ4n) is 1.43. The van der Waals surface area contributed by atoms with Gasteiger partial charge in [0, 0.05) is 0 Å². The van der Waals surface area contributed by atoms with Crippen LogP contribution in [0.4, 0.5) is 11.5 Å². The fourth-order valence-corrected chi connectivity index (χ4v) is 1.61. The summed E-state index contributed by atoms with van der Waals surface area (Å²) < 4.78 is 4.46. The minimum atomic E-state index is -0.576. The van der Waals surface area contributed by atoms with Crippen LogP contribution in [0.2, 0.25) is 5.02 Å². The predicted octanol–water partition coefficient (Wildman–Crippen LogP) is 2.05. The maximum atomic E-state index is 12.0. The third kappa shape index (κ3) is 2.43. The van der Waals surface area contributed by atoms with Crippen molar-refractivity contribution in [3.63, 3.8) is 0 Å². The summed E-state index contributed by atoms with van der Waals surface area (Å²) in [6, 6.07) is 6.95. The van der Waals surface area contributed by atoms with E-state index >= 15 is 0 Å². The highest BCUT2D eigenvalue weighted by Crippen LogP contribution is 2.24. The van der Waals surface area contributed by atoms with Gasteiger partial charge in [-0.2, -0.15) is 0 Å². The number of halogens is 1. The molecule has 1 unspecified atom stereocenters. The van der Waals surface area contributed by atoms with Crippen LogP contribution in [0.15, 0.2) is 28.9 Å². The van der Waals surface area contributed by atoms with E-state index in [0.717, 1.165) is 0 Å². The zero-order valence-corrected chi connectivity index (χ0v) is 10.3. The van der Waals surface area contributed by atoms with Crippen LogP contribution in [0.3, 0.4) is 0 Å². The van der Waals surface area contributed by atoms with E-state index in [1.807, 2.05) is 0 Å². The highest BCUT2D eigenvalue weighted by atomic mass is 35.5. The Hall–Kier alpha value is -2.08. The van der Waals surface area contributed by atoms with Gasteiger partial charge in [-0.25, -0.2) is 4.63 Å². The van der Waals surface area contributed by atoms with Crippen molar-refractivity contribution < 1.29 is 9.42 Å². The van der Waals surface area contributed by atoms with E-state index in [1.165, 1.54) is 0 Å². The molecule has 1 heterocycles. The SMILES string of the molecule is CC(C(=O)Nc1ccccc1Cl)c1nonc1N. The molecule has 0 fully saturated rings. The Balaban J connectivity index is 2.14. The summed E-state index contributed by atoms with van der Waals surface area (Å²) in [5.74, 6) is -0.755. The number of carbonyl (C=O) groups excluding carboxylic acids is 1. The van der Waals surface area contributed by atoms with Gasteiger partial charge in [0.15, 0.2) is 5.82 Å². The Kier molecular flexibility index (Phi) is 3.47. The minimum absolute atomic E-state index is 0.108. The van der Waals surface area contributed by atoms with E-state index in [9.17, 15) is 4.79 Å². The molecule has 1 aromatic heterocycles. The topological polar surface area (TPSA) is 94.0 Å². The number of carbonyl (C=O) groups is 1. The number of aromatic nitrogens is 2. The van der Waals surface area contributed by atoms with Crippen LogP contribution in [0.1, 0.15) is 18.5 Å². The summed E-state index contributed by atoms with van der Waals surface area (Å²) >= 11 is 5.94. The molecule has 0 aliphatic rings. The number of nitrogens with two attached hydrogens (primary N) is 1. The minimum Gasteiger partial charge on any atom is -0.379 e. The van der Waals surface area contributed by atoms with Crippen molar-refractivity contribution >= 4 is 29.0 Å². The summed E-state index contributed by atoms with van der Waals surface area (Å²) in [7, 11) is 0. The highest BCUT2D eigenvalue weighted by Gasteiger charge is 2.22. The first kappa shape index (κ1) is 12.4. The Morgan fingerprint density at radius 3 is 2.78 bits per heavy atom. The molecule has 0 aliphatic heterocycles. The molecule has 0 saturated heterocycles. The Morgan fingerprint density at radius 2 is 2.17 bits per heavy atom. The van der Waals surface area contributed by atoms with Gasteiger partial charge in [0.25, 0.3) is 0 Å². The molecular formula is C11H11ClN4O2. The normalized spacial score (nSPS) is 12.1. The molecule has 18 heavy (non-hydrogen) atoms. The molecule has 2 aromatic rings. The molecule has 0 saturated carbocycles. The molecule has 0 spiro atoms. The second-order valence-electron chi connectivity index (χ2n) is 3.73. The third-order valence-corrected chi connectivity index (χ3v) is 2.81. The van der Waals surface area contributed by atoms with Crippen molar-refractivity contribution in [3.8, 4) is 0 Å². The second-order valence-corrected chi connectivity index (χ2v) is 4.13. The summed E-state index contributed by atoms with van der Waals surface area (Å²) in [5, 5.41) is 10.2. The maximum Gasteiger partial charge on any atom is 0.233 e. The van der Waals surface area contributed by atoms with Crippen molar-refractivity contribution in [3.05, 3.63) is 35.0 Å². The third-order valence-electron chi connectivity index (χ3n) is 2.48. The number of rotatable bonds is 3. The number of hydrogen-bond donors (Lipinski definition) is 2. The molecule has 1 aromatic carbocycles. The van der Waals surface area contributed by atoms with Gasteiger partial charge in [0.05, 0.1) is 16.6 Å². The number of nitrogen functional groups attached to an aromatic ring is 1. The number of benzene rings is 1. The van der Waals surface area contributed by atoms with Gasteiger partial charge in [0.1, 0.15) is 5.69 Å².